The fraction of sp³-hybridized carbons (Fsp3) is 0.158. The van der Waals surface area contributed by atoms with Crippen molar-refractivity contribution in [1.29, 1.82) is 0 Å². The molecule has 1 N–H and O–H groups in total. The molecule has 0 bridgehead atoms. The second-order valence-corrected chi connectivity index (χ2v) is 5.25. The number of amides is 1. The van der Waals surface area contributed by atoms with Crippen LogP contribution in [-0.4, -0.2) is 17.7 Å². The number of benzene rings is 2. The first-order valence-corrected chi connectivity index (χ1v) is 7.75. The standard InChI is InChI=1S/C19H18N2O3/c1-3-23-16-11-9-15(10-12-16)20-19(22)17-13(2)21-24-18(17)14-7-5-4-6-8-14/h4-12H,3H2,1-2H3,(H,20,22). The van der Waals surface area contributed by atoms with Gasteiger partial charge in [0.1, 0.15) is 11.3 Å². The molecule has 1 heterocycles. The monoisotopic (exact) mass is 322 g/mol. The molecule has 122 valence electrons. The molecule has 0 saturated heterocycles. The first-order valence-electron chi connectivity index (χ1n) is 7.75. The molecule has 0 atom stereocenters. The Balaban J connectivity index is 1.84. The van der Waals surface area contributed by atoms with Crippen molar-refractivity contribution in [3.63, 3.8) is 0 Å². The molecular weight excluding hydrogens is 304 g/mol. The average Bonchev–Trinajstić information content (AvgIpc) is 2.99. The quantitative estimate of drug-likeness (QED) is 0.760. The second-order valence-electron chi connectivity index (χ2n) is 5.25. The van der Waals surface area contributed by atoms with Gasteiger partial charge in [-0.1, -0.05) is 35.5 Å². The number of aryl methyl sites for hydroxylation is 1. The number of hydrogen-bond acceptors (Lipinski definition) is 4. The molecule has 0 radical (unpaired) electrons. The number of anilines is 1. The van der Waals surface area contributed by atoms with Gasteiger partial charge in [0.15, 0.2) is 5.76 Å². The van der Waals surface area contributed by atoms with Gasteiger partial charge in [-0.05, 0) is 38.1 Å². The van der Waals surface area contributed by atoms with Crippen molar-refractivity contribution in [1.82, 2.24) is 5.16 Å². The number of aromatic nitrogens is 1. The van der Waals surface area contributed by atoms with E-state index in [1.807, 2.05) is 49.4 Å². The lowest BCUT2D eigenvalue weighted by atomic mass is 10.1. The highest BCUT2D eigenvalue weighted by Gasteiger charge is 2.21. The van der Waals surface area contributed by atoms with Crippen molar-refractivity contribution < 1.29 is 14.1 Å². The zero-order chi connectivity index (χ0) is 16.9. The lowest BCUT2D eigenvalue weighted by Crippen LogP contribution is -2.13. The van der Waals surface area contributed by atoms with Crippen LogP contribution in [0, 0.1) is 6.92 Å². The predicted octanol–water partition coefficient (Wildman–Crippen LogP) is 4.30. The van der Waals surface area contributed by atoms with Gasteiger partial charge >= 0.3 is 0 Å². The third-order valence-corrected chi connectivity index (χ3v) is 3.55. The highest BCUT2D eigenvalue weighted by molar-refractivity contribution is 6.08. The number of rotatable bonds is 5. The number of carbonyl (C=O) groups is 1. The summed E-state index contributed by atoms with van der Waals surface area (Å²) in [6, 6.07) is 16.7. The summed E-state index contributed by atoms with van der Waals surface area (Å²) in [5.41, 5.74) is 2.49. The Morgan fingerprint density at radius 1 is 1.12 bits per heavy atom. The molecule has 0 aliphatic rings. The zero-order valence-corrected chi connectivity index (χ0v) is 13.6. The molecule has 1 amide bonds. The summed E-state index contributed by atoms with van der Waals surface area (Å²) < 4.78 is 10.8. The van der Waals surface area contributed by atoms with Crippen molar-refractivity contribution in [2.75, 3.05) is 11.9 Å². The second kappa shape index (κ2) is 7.00. The third-order valence-electron chi connectivity index (χ3n) is 3.55. The highest BCUT2D eigenvalue weighted by atomic mass is 16.5. The maximum atomic E-state index is 12.7. The van der Waals surface area contributed by atoms with Crippen LogP contribution in [0.2, 0.25) is 0 Å². The Morgan fingerprint density at radius 3 is 2.50 bits per heavy atom. The van der Waals surface area contributed by atoms with E-state index in [9.17, 15) is 4.79 Å². The van der Waals surface area contributed by atoms with Crippen LogP contribution in [0.5, 0.6) is 5.75 Å². The summed E-state index contributed by atoms with van der Waals surface area (Å²) in [6.45, 7) is 4.28. The van der Waals surface area contributed by atoms with E-state index in [1.54, 1.807) is 19.1 Å². The van der Waals surface area contributed by atoms with Crippen LogP contribution in [0.4, 0.5) is 5.69 Å². The Labute approximate surface area is 140 Å². The Morgan fingerprint density at radius 2 is 1.83 bits per heavy atom. The van der Waals surface area contributed by atoms with Gasteiger partial charge < -0.3 is 14.6 Å². The molecule has 3 rings (SSSR count). The van der Waals surface area contributed by atoms with Crippen LogP contribution < -0.4 is 10.1 Å². The molecule has 5 heteroatoms. The van der Waals surface area contributed by atoms with Crippen LogP contribution in [0.25, 0.3) is 11.3 Å². The number of nitrogens with zero attached hydrogens (tertiary/aromatic N) is 1. The highest BCUT2D eigenvalue weighted by Crippen LogP contribution is 2.27. The van der Waals surface area contributed by atoms with Gasteiger partial charge in [-0.25, -0.2) is 0 Å². The SMILES string of the molecule is CCOc1ccc(NC(=O)c2c(C)noc2-c2ccccc2)cc1. The van der Waals surface area contributed by atoms with E-state index < -0.39 is 0 Å². The van der Waals surface area contributed by atoms with Crippen molar-refractivity contribution in [2.45, 2.75) is 13.8 Å². The molecular formula is C19H18N2O3. The molecule has 2 aromatic carbocycles. The lowest BCUT2D eigenvalue weighted by molar-refractivity contribution is 0.102. The van der Waals surface area contributed by atoms with Gasteiger partial charge in [0.25, 0.3) is 5.91 Å². The summed E-state index contributed by atoms with van der Waals surface area (Å²) in [4.78, 5) is 12.7. The average molecular weight is 322 g/mol. The maximum Gasteiger partial charge on any atom is 0.261 e. The first-order chi connectivity index (χ1) is 11.7. The number of nitrogens with one attached hydrogen (secondary N) is 1. The largest absolute Gasteiger partial charge is 0.494 e. The normalized spacial score (nSPS) is 10.4. The molecule has 0 aliphatic heterocycles. The minimum absolute atomic E-state index is 0.253. The van der Waals surface area contributed by atoms with Gasteiger partial charge in [-0.3, -0.25) is 4.79 Å². The van der Waals surface area contributed by atoms with Crippen molar-refractivity contribution in [3.05, 3.63) is 65.9 Å². The molecule has 0 unspecified atom stereocenters. The topological polar surface area (TPSA) is 64.4 Å². The van der Waals surface area contributed by atoms with Crippen molar-refractivity contribution >= 4 is 11.6 Å². The molecule has 0 saturated carbocycles. The van der Waals surface area contributed by atoms with Gasteiger partial charge in [-0.2, -0.15) is 0 Å². The summed E-state index contributed by atoms with van der Waals surface area (Å²) in [5.74, 6) is 0.981. The van der Waals surface area contributed by atoms with E-state index in [1.165, 1.54) is 0 Å². The molecule has 0 spiro atoms. The fourth-order valence-electron chi connectivity index (χ4n) is 2.42. The van der Waals surface area contributed by atoms with Crippen LogP contribution in [-0.2, 0) is 0 Å². The summed E-state index contributed by atoms with van der Waals surface area (Å²) in [7, 11) is 0. The van der Waals surface area contributed by atoms with E-state index in [0.29, 0.717) is 29.3 Å². The van der Waals surface area contributed by atoms with E-state index in [0.717, 1.165) is 11.3 Å². The third kappa shape index (κ3) is 3.30. The smallest absolute Gasteiger partial charge is 0.261 e. The van der Waals surface area contributed by atoms with Gasteiger partial charge in [-0.15, -0.1) is 0 Å². The molecule has 24 heavy (non-hydrogen) atoms. The zero-order valence-electron chi connectivity index (χ0n) is 13.6. The van der Waals surface area contributed by atoms with Crippen LogP contribution in [0.15, 0.2) is 59.1 Å². The summed E-state index contributed by atoms with van der Waals surface area (Å²) >= 11 is 0. The number of carbonyl (C=O) groups excluding carboxylic acids is 1. The van der Waals surface area contributed by atoms with Crippen LogP contribution in [0.1, 0.15) is 23.0 Å². The Kier molecular flexibility index (Phi) is 4.61. The Bertz CT molecular complexity index is 824. The Hall–Kier alpha value is -3.08. The maximum absolute atomic E-state index is 12.7. The lowest BCUT2D eigenvalue weighted by Gasteiger charge is -2.07. The molecule has 1 aromatic heterocycles. The van der Waals surface area contributed by atoms with Gasteiger partial charge in [0.2, 0.25) is 0 Å². The van der Waals surface area contributed by atoms with Gasteiger partial charge in [0, 0.05) is 11.3 Å². The van der Waals surface area contributed by atoms with E-state index in [4.69, 9.17) is 9.26 Å². The summed E-state index contributed by atoms with van der Waals surface area (Å²) in [6.07, 6.45) is 0. The van der Waals surface area contributed by atoms with E-state index in [-0.39, 0.29) is 5.91 Å². The minimum Gasteiger partial charge on any atom is -0.494 e. The van der Waals surface area contributed by atoms with Crippen LogP contribution in [0.3, 0.4) is 0 Å². The molecule has 5 nitrogen and oxygen atoms in total. The van der Waals surface area contributed by atoms with Crippen molar-refractivity contribution in [3.8, 4) is 17.1 Å². The van der Waals surface area contributed by atoms with Crippen LogP contribution >= 0.6 is 0 Å². The van der Waals surface area contributed by atoms with E-state index in [2.05, 4.69) is 10.5 Å². The molecule has 0 fully saturated rings. The summed E-state index contributed by atoms with van der Waals surface area (Å²) in [5, 5.41) is 6.81. The molecule has 0 aliphatic carbocycles. The van der Waals surface area contributed by atoms with Crippen molar-refractivity contribution in [2.24, 2.45) is 0 Å². The first kappa shape index (κ1) is 15.8. The van der Waals surface area contributed by atoms with E-state index >= 15 is 0 Å². The number of ether oxygens (including phenoxy) is 1. The number of hydrogen-bond donors (Lipinski definition) is 1. The molecule has 3 aromatic rings. The fourth-order valence-corrected chi connectivity index (χ4v) is 2.42. The predicted molar refractivity (Wildman–Crippen MR) is 92.2 cm³/mol. The van der Waals surface area contributed by atoms with Gasteiger partial charge in [0.05, 0.1) is 12.3 Å². The minimum atomic E-state index is -0.253.